The van der Waals surface area contributed by atoms with Crippen molar-refractivity contribution < 1.29 is 14.6 Å². The number of hydrogen-bond donors (Lipinski definition) is 1. The fourth-order valence-electron chi connectivity index (χ4n) is 1.50. The summed E-state index contributed by atoms with van der Waals surface area (Å²) >= 11 is 0. The predicted octanol–water partition coefficient (Wildman–Crippen LogP) is 2.37. The van der Waals surface area contributed by atoms with Crippen LogP contribution in [0.3, 0.4) is 0 Å². The molecule has 0 unspecified atom stereocenters. The molecule has 0 heterocycles. The summed E-state index contributed by atoms with van der Waals surface area (Å²) in [6, 6.07) is 7.87. The molecule has 0 spiro atoms. The number of aliphatic hydroxyl groups excluding tert-OH is 1. The van der Waals surface area contributed by atoms with Gasteiger partial charge in [0.05, 0.1) is 13.7 Å². The lowest BCUT2D eigenvalue weighted by atomic mass is 10.2. The van der Waals surface area contributed by atoms with E-state index in [1.807, 2.05) is 24.3 Å². The van der Waals surface area contributed by atoms with E-state index < -0.39 is 0 Å². The minimum absolute atomic E-state index is 0.270. The van der Waals surface area contributed by atoms with Crippen molar-refractivity contribution in [3.05, 3.63) is 29.8 Å². The molecule has 0 aliphatic rings. The molecule has 0 saturated heterocycles. The molecular weight excluding hydrogens is 204 g/mol. The summed E-state index contributed by atoms with van der Waals surface area (Å²) < 4.78 is 10.8. The fraction of sp³-hybridized carbons (Fsp3) is 0.538. The van der Waals surface area contributed by atoms with E-state index in [9.17, 15) is 0 Å². The molecule has 0 aromatic heterocycles. The van der Waals surface area contributed by atoms with Gasteiger partial charge in [0, 0.05) is 18.8 Å². The van der Waals surface area contributed by atoms with Crippen LogP contribution in [0.4, 0.5) is 0 Å². The maximum absolute atomic E-state index is 8.61. The molecule has 1 aromatic rings. The van der Waals surface area contributed by atoms with E-state index in [0.29, 0.717) is 6.61 Å². The molecule has 0 amide bonds. The average Bonchev–Trinajstić information content (AvgIpc) is 2.34. The second-order valence-corrected chi connectivity index (χ2v) is 3.65. The zero-order chi connectivity index (χ0) is 11.6. The Bertz CT molecular complexity index is 286. The van der Waals surface area contributed by atoms with Gasteiger partial charge in [-0.25, -0.2) is 0 Å². The lowest BCUT2D eigenvalue weighted by Crippen LogP contribution is -1.98. The zero-order valence-corrected chi connectivity index (χ0v) is 9.82. The van der Waals surface area contributed by atoms with Gasteiger partial charge in [0.15, 0.2) is 0 Å². The summed E-state index contributed by atoms with van der Waals surface area (Å²) in [5.74, 6) is 0.873. The third kappa shape index (κ3) is 4.64. The van der Waals surface area contributed by atoms with Crippen LogP contribution < -0.4 is 4.74 Å². The van der Waals surface area contributed by atoms with Crippen molar-refractivity contribution in [3.63, 3.8) is 0 Å². The minimum Gasteiger partial charge on any atom is -0.496 e. The Balaban J connectivity index is 2.21. The first kappa shape index (κ1) is 13.0. The second kappa shape index (κ2) is 8.13. The molecule has 0 fully saturated rings. The largest absolute Gasteiger partial charge is 0.496 e. The van der Waals surface area contributed by atoms with Gasteiger partial charge in [-0.3, -0.25) is 0 Å². The summed E-state index contributed by atoms with van der Waals surface area (Å²) in [6.45, 7) is 1.59. The third-order valence-corrected chi connectivity index (χ3v) is 2.40. The number of benzene rings is 1. The van der Waals surface area contributed by atoms with E-state index in [1.54, 1.807) is 7.11 Å². The fourth-order valence-corrected chi connectivity index (χ4v) is 1.50. The molecule has 0 atom stereocenters. The monoisotopic (exact) mass is 224 g/mol. The van der Waals surface area contributed by atoms with Crippen molar-refractivity contribution in [2.24, 2.45) is 0 Å². The standard InChI is InChI=1S/C13H20O3/c1-15-13-8-4-3-7-12(13)11-16-10-6-2-5-9-14/h3-4,7-8,14H,2,5-6,9-11H2,1H3. The molecular formula is C13H20O3. The van der Waals surface area contributed by atoms with Gasteiger partial charge in [0.2, 0.25) is 0 Å². The lowest BCUT2D eigenvalue weighted by molar-refractivity contribution is 0.113. The molecule has 0 saturated carbocycles. The first-order valence-corrected chi connectivity index (χ1v) is 5.69. The first-order valence-electron chi connectivity index (χ1n) is 5.69. The summed E-state index contributed by atoms with van der Waals surface area (Å²) in [7, 11) is 1.67. The maximum Gasteiger partial charge on any atom is 0.124 e. The number of unbranched alkanes of at least 4 members (excludes halogenated alkanes) is 2. The topological polar surface area (TPSA) is 38.7 Å². The van der Waals surface area contributed by atoms with Gasteiger partial charge in [0.25, 0.3) is 0 Å². The predicted molar refractivity (Wildman–Crippen MR) is 63.6 cm³/mol. The molecule has 3 nitrogen and oxygen atoms in total. The van der Waals surface area contributed by atoms with Crippen molar-refractivity contribution in [3.8, 4) is 5.75 Å². The van der Waals surface area contributed by atoms with Crippen LogP contribution in [-0.4, -0.2) is 25.4 Å². The van der Waals surface area contributed by atoms with Crippen LogP contribution >= 0.6 is 0 Å². The van der Waals surface area contributed by atoms with E-state index in [-0.39, 0.29) is 6.61 Å². The summed E-state index contributed by atoms with van der Waals surface area (Å²) in [4.78, 5) is 0. The van der Waals surface area contributed by atoms with E-state index in [0.717, 1.165) is 37.2 Å². The Kier molecular flexibility index (Phi) is 6.61. The summed E-state index contributed by atoms with van der Waals surface area (Å²) in [6.07, 6.45) is 2.87. The van der Waals surface area contributed by atoms with Gasteiger partial charge in [-0.05, 0) is 25.3 Å². The lowest BCUT2D eigenvalue weighted by Gasteiger charge is -2.08. The molecule has 3 heteroatoms. The second-order valence-electron chi connectivity index (χ2n) is 3.65. The highest BCUT2D eigenvalue weighted by molar-refractivity contribution is 5.32. The van der Waals surface area contributed by atoms with E-state index in [1.165, 1.54) is 0 Å². The Morgan fingerprint density at radius 1 is 1.12 bits per heavy atom. The van der Waals surface area contributed by atoms with Gasteiger partial charge in [-0.15, -0.1) is 0 Å². The van der Waals surface area contributed by atoms with Gasteiger partial charge >= 0.3 is 0 Å². The number of rotatable bonds is 8. The van der Waals surface area contributed by atoms with Crippen molar-refractivity contribution in [1.29, 1.82) is 0 Å². The molecule has 0 aliphatic heterocycles. The Morgan fingerprint density at radius 2 is 1.94 bits per heavy atom. The normalized spacial score (nSPS) is 10.4. The van der Waals surface area contributed by atoms with Crippen LogP contribution in [0.15, 0.2) is 24.3 Å². The van der Waals surface area contributed by atoms with Crippen molar-refractivity contribution >= 4 is 0 Å². The molecule has 1 N–H and O–H groups in total. The highest BCUT2D eigenvalue weighted by Crippen LogP contribution is 2.18. The minimum atomic E-state index is 0.270. The average molecular weight is 224 g/mol. The van der Waals surface area contributed by atoms with E-state index >= 15 is 0 Å². The van der Waals surface area contributed by atoms with Crippen LogP contribution in [0.1, 0.15) is 24.8 Å². The Labute approximate surface area is 97.0 Å². The highest BCUT2D eigenvalue weighted by Gasteiger charge is 2.00. The van der Waals surface area contributed by atoms with Crippen molar-refractivity contribution in [2.45, 2.75) is 25.9 Å². The molecule has 0 radical (unpaired) electrons. The van der Waals surface area contributed by atoms with Crippen molar-refractivity contribution in [2.75, 3.05) is 20.3 Å². The molecule has 1 rings (SSSR count). The molecule has 0 bridgehead atoms. The molecule has 16 heavy (non-hydrogen) atoms. The quantitative estimate of drug-likeness (QED) is 0.689. The van der Waals surface area contributed by atoms with Gasteiger partial charge < -0.3 is 14.6 Å². The zero-order valence-electron chi connectivity index (χ0n) is 9.82. The van der Waals surface area contributed by atoms with Crippen LogP contribution in [0.5, 0.6) is 5.75 Å². The highest BCUT2D eigenvalue weighted by atomic mass is 16.5. The summed E-state index contributed by atoms with van der Waals surface area (Å²) in [5, 5.41) is 8.61. The molecule has 0 aliphatic carbocycles. The number of para-hydroxylation sites is 1. The van der Waals surface area contributed by atoms with Crippen LogP contribution in [0, 0.1) is 0 Å². The van der Waals surface area contributed by atoms with Gasteiger partial charge in [-0.1, -0.05) is 18.2 Å². The van der Waals surface area contributed by atoms with Crippen LogP contribution in [-0.2, 0) is 11.3 Å². The van der Waals surface area contributed by atoms with E-state index in [2.05, 4.69) is 0 Å². The number of ether oxygens (including phenoxy) is 2. The molecule has 1 aromatic carbocycles. The Morgan fingerprint density at radius 3 is 2.69 bits per heavy atom. The smallest absolute Gasteiger partial charge is 0.124 e. The third-order valence-electron chi connectivity index (χ3n) is 2.40. The molecule has 90 valence electrons. The Hall–Kier alpha value is -1.06. The van der Waals surface area contributed by atoms with Crippen molar-refractivity contribution in [1.82, 2.24) is 0 Å². The number of aliphatic hydroxyl groups is 1. The maximum atomic E-state index is 8.61. The van der Waals surface area contributed by atoms with Crippen LogP contribution in [0.25, 0.3) is 0 Å². The van der Waals surface area contributed by atoms with Gasteiger partial charge in [-0.2, -0.15) is 0 Å². The summed E-state index contributed by atoms with van der Waals surface area (Å²) in [5.41, 5.74) is 1.08. The first-order chi connectivity index (χ1) is 7.88. The van der Waals surface area contributed by atoms with Crippen LogP contribution in [0.2, 0.25) is 0 Å². The van der Waals surface area contributed by atoms with Gasteiger partial charge in [0.1, 0.15) is 5.75 Å². The van der Waals surface area contributed by atoms with E-state index in [4.69, 9.17) is 14.6 Å². The number of methoxy groups -OCH3 is 1. The SMILES string of the molecule is COc1ccccc1COCCCCCO. The number of hydrogen-bond acceptors (Lipinski definition) is 3.